The fourth-order valence-electron chi connectivity index (χ4n) is 0.946. The zero-order chi connectivity index (χ0) is 11.5. The molecule has 2 atom stereocenters. The molecule has 0 aliphatic carbocycles. The van der Waals surface area contributed by atoms with Gasteiger partial charge in [0.25, 0.3) is 0 Å². The van der Waals surface area contributed by atoms with Gasteiger partial charge in [-0.1, -0.05) is 6.92 Å². The molecular weight excluding hydrogens is 232 g/mol. The van der Waals surface area contributed by atoms with Crippen LogP contribution in [0.15, 0.2) is 0 Å². The van der Waals surface area contributed by atoms with E-state index in [1.807, 2.05) is 0 Å². The number of aliphatic hydroxyl groups is 2. The van der Waals surface area contributed by atoms with E-state index >= 15 is 0 Å². The van der Waals surface area contributed by atoms with Crippen molar-refractivity contribution in [3.05, 3.63) is 0 Å². The smallest absolute Gasteiger partial charge is 0.0897 e. The lowest BCUT2D eigenvalue weighted by molar-refractivity contribution is 0.0502. The van der Waals surface area contributed by atoms with Gasteiger partial charge < -0.3 is 14.9 Å². The van der Waals surface area contributed by atoms with E-state index in [1.54, 1.807) is 11.8 Å². The van der Waals surface area contributed by atoms with Crippen LogP contribution in [0.25, 0.3) is 0 Å². The fraction of sp³-hybridized carbons (Fsp3) is 1.00. The van der Waals surface area contributed by atoms with Crippen LogP contribution in [-0.2, 0) is 4.74 Å². The average molecular weight is 254 g/mol. The fourth-order valence-corrected chi connectivity index (χ4v) is 2.14. The number of hydrogen-bond acceptors (Lipinski definition) is 5. The molecule has 2 unspecified atom stereocenters. The molecule has 0 rings (SSSR count). The van der Waals surface area contributed by atoms with Crippen LogP contribution in [0.2, 0.25) is 0 Å². The first kappa shape index (κ1) is 15.6. The first-order valence-electron chi connectivity index (χ1n) is 5.34. The highest BCUT2D eigenvalue weighted by molar-refractivity contribution is 7.99. The summed E-state index contributed by atoms with van der Waals surface area (Å²) in [5.41, 5.74) is 0. The Morgan fingerprint density at radius 2 is 2.00 bits per heavy atom. The molecule has 0 radical (unpaired) electrons. The zero-order valence-corrected chi connectivity index (χ0v) is 11.0. The molecule has 92 valence electrons. The summed E-state index contributed by atoms with van der Waals surface area (Å²) in [5, 5.41) is 18.6. The van der Waals surface area contributed by atoms with Crippen molar-refractivity contribution in [1.82, 2.24) is 0 Å². The van der Waals surface area contributed by atoms with Crippen LogP contribution in [0.5, 0.6) is 0 Å². The van der Waals surface area contributed by atoms with Gasteiger partial charge in [0.05, 0.1) is 12.2 Å². The molecular formula is C10H22O3S2. The van der Waals surface area contributed by atoms with Crippen molar-refractivity contribution in [2.24, 2.45) is 0 Å². The maximum Gasteiger partial charge on any atom is 0.0897 e. The van der Waals surface area contributed by atoms with E-state index in [0.29, 0.717) is 11.5 Å². The summed E-state index contributed by atoms with van der Waals surface area (Å²) in [4.78, 5) is 0. The van der Waals surface area contributed by atoms with Crippen LogP contribution >= 0.6 is 24.4 Å². The molecule has 0 aromatic heterocycles. The van der Waals surface area contributed by atoms with E-state index in [9.17, 15) is 10.2 Å². The minimum Gasteiger partial charge on any atom is -0.390 e. The highest BCUT2D eigenvalue weighted by atomic mass is 32.2. The van der Waals surface area contributed by atoms with Gasteiger partial charge in [-0.15, -0.1) is 0 Å². The number of ether oxygens (including phenoxy) is 1. The van der Waals surface area contributed by atoms with E-state index in [0.717, 1.165) is 31.8 Å². The quantitative estimate of drug-likeness (QED) is 0.405. The Balaban J connectivity index is 3.16. The Morgan fingerprint density at radius 3 is 2.60 bits per heavy atom. The van der Waals surface area contributed by atoms with Crippen molar-refractivity contribution in [2.75, 3.05) is 30.5 Å². The van der Waals surface area contributed by atoms with Crippen LogP contribution in [0.4, 0.5) is 0 Å². The Morgan fingerprint density at radius 1 is 1.27 bits per heavy atom. The zero-order valence-electron chi connectivity index (χ0n) is 9.26. The normalized spacial score (nSPS) is 15.2. The molecule has 0 aliphatic heterocycles. The molecule has 0 fully saturated rings. The molecule has 0 aromatic rings. The molecule has 0 spiro atoms. The minimum atomic E-state index is -0.711. The molecule has 15 heavy (non-hydrogen) atoms. The standard InChI is InChI=1S/C10H22O3S2/c1-2-4-13-5-3-6-15-8-10(12)9(11)7-14/h9-12,14H,2-8H2,1H3. The summed E-state index contributed by atoms with van der Waals surface area (Å²) in [5.74, 6) is 1.83. The minimum absolute atomic E-state index is 0.307. The molecule has 0 saturated heterocycles. The van der Waals surface area contributed by atoms with Gasteiger partial charge >= 0.3 is 0 Å². The largest absolute Gasteiger partial charge is 0.390 e. The number of hydrogen-bond donors (Lipinski definition) is 3. The van der Waals surface area contributed by atoms with Gasteiger partial charge in [-0.3, -0.25) is 0 Å². The van der Waals surface area contributed by atoms with Gasteiger partial charge in [-0.2, -0.15) is 24.4 Å². The topological polar surface area (TPSA) is 49.7 Å². The molecule has 0 bridgehead atoms. The summed E-state index contributed by atoms with van der Waals surface area (Å²) >= 11 is 5.56. The average Bonchev–Trinajstić information content (AvgIpc) is 2.26. The van der Waals surface area contributed by atoms with E-state index in [4.69, 9.17) is 4.74 Å². The lowest BCUT2D eigenvalue weighted by Gasteiger charge is -2.14. The number of rotatable bonds is 10. The third-order valence-corrected chi connectivity index (χ3v) is 3.37. The van der Waals surface area contributed by atoms with Crippen LogP contribution < -0.4 is 0 Å². The van der Waals surface area contributed by atoms with Gasteiger partial charge in [-0.25, -0.2) is 0 Å². The van der Waals surface area contributed by atoms with E-state index in [-0.39, 0.29) is 0 Å². The lowest BCUT2D eigenvalue weighted by atomic mass is 10.3. The summed E-state index contributed by atoms with van der Waals surface area (Å²) in [6.07, 6.45) is 0.676. The first-order chi connectivity index (χ1) is 7.22. The van der Waals surface area contributed by atoms with E-state index < -0.39 is 12.2 Å². The Kier molecular flexibility index (Phi) is 11.5. The predicted octanol–water partition coefficient (Wildman–Crippen LogP) is 1.19. The number of aliphatic hydroxyl groups excluding tert-OH is 2. The van der Waals surface area contributed by atoms with Gasteiger partial charge in [0.15, 0.2) is 0 Å². The van der Waals surface area contributed by atoms with Crippen molar-refractivity contribution in [2.45, 2.75) is 32.0 Å². The van der Waals surface area contributed by atoms with Crippen molar-refractivity contribution in [3.8, 4) is 0 Å². The van der Waals surface area contributed by atoms with Gasteiger partial charge in [0, 0.05) is 24.7 Å². The van der Waals surface area contributed by atoms with Crippen molar-refractivity contribution >= 4 is 24.4 Å². The van der Waals surface area contributed by atoms with Gasteiger partial charge in [0.2, 0.25) is 0 Å². The predicted molar refractivity (Wildman–Crippen MR) is 68.9 cm³/mol. The molecule has 0 amide bonds. The first-order valence-corrected chi connectivity index (χ1v) is 7.13. The van der Waals surface area contributed by atoms with Crippen LogP contribution in [0.3, 0.4) is 0 Å². The van der Waals surface area contributed by atoms with Crippen molar-refractivity contribution < 1.29 is 14.9 Å². The monoisotopic (exact) mass is 254 g/mol. The summed E-state index contributed by atoms with van der Waals surface area (Å²) < 4.78 is 5.32. The molecule has 0 heterocycles. The Hall–Kier alpha value is 0.580. The van der Waals surface area contributed by atoms with Crippen LogP contribution in [0.1, 0.15) is 19.8 Å². The molecule has 0 saturated carbocycles. The van der Waals surface area contributed by atoms with Crippen LogP contribution in [-0.4, -0.2) is 52.9 Å². The summed E-state index contributed by atoms with van der Waals surface area (Å²) in [6.45, 7) is 3.70. The maximum absolute atomic E-state index is 9.41. The number of thiol groups is 1. The number of thioether (sulfide) groups is 1. The molecule has 2 N–H and O–H groups in total. The SMILES string of the molecule is CCCOCCCSCC(O)C(O)CS. The van der Waals surface area contributed by atoms with E-state index in [2.05, 4.69) is 19.6 Å². The molecule has 0 aliphatic rings. The maximum atomic E-state index is 9.41. The Bertz CT molecular complexity index is 136. The van der Waals surface area contributed by atoms with Crippen LogP contribution in [0, 0.1) is 0 Å². The third kappa shape index (κ3) is 9.51. The van der Waals surface area contributed by atoms with Gasteiger partial charge in [-0.05, 0) is 18.6 Å². The Labute approximate surface area is 102 Å². The highest BCUT2D eigenvalue weighted by Crippen LogP contribution is 2.08. The van der Waals surface area contributed by atoms with Crippen molar-refractivity contribution in [1.29, 1.82) is 0 Å². The molecule has 3 nitrogen and oxygen atoms in total. The van der Waals surface area contributed by atoms with Gasteiger partial charge in [0.1, 0.15) is 0 Å². The lowest BCUT2D eigenvalue weighted by Crippen LogP contribution is -2.29. The third-order valence-electron chi connectivity index (χ3n) is 1.85. The molecule has 5 heteroatoms. The van der Waals surface area contributed by atoms with E-state index in [1.165, 1.54) is 0 Å². The second-order valence-electron chi connectivity index (χ2n) is 3.36. The second-order valence-corrected chi connectivity index (χ2v) is 4.87. The van der Waals surface area contributed by atoms with Crippen molar-refractivity contribution in [3.63, 3.8) is 0 Å². The molecule has 0 aromatic carbocycles. The summed E-state index contributed by atoms with van der Waals surface area (Å²) in [7, 11) is 0. The summed E-state index contributed by atoms with van der Waals surface area (Å²) in [6, 6.07) is 0. The second kappa shape index (κ2) is 11.1. The highest BCUT2D eigenvalue weighted by Gasteiger charge is 2.13.